The zero-order chi connectivity index (χ0) is 12.3. The van der Waals surface area contributed by atoms with E-state index in [2.05, 4.69) is 6.92 Å². The maximum atomic E-state index is 11.2. The Labute approximate surface area is 101 Å². The first-order valence-electron chi connectivity index (χ1n) is 5.94. The van der Waals surface area contributed by atoms with Crippen LogP contribution in [0, 0.1) is 5.82 Å². The summed E-state index contributed by atoms with van der Waals surface area (Å²) in [6.07, 6.45) is 8.19. The van der Waals surface area contributed by atoms with Crippen LogP contribution in [0.1, 0.15) is 32.6 Å². The van der Waals surface area contributed by atoms with Gasteiger partial charge in [0, 0.05) is 5.82 Å². The fourth-order valence-electron chi connectivity index (χ4n) is 2.15. The highest BCUT2D eigenvalue weighted by molar-refractivity contribution is 6.84. The Hall–Kier alpha value is -1.65. The molecule has 17 heavy (non-hydrogen) atoms. The van der Waals surface area contributed by atoms with Crippen molar-refractivity contribution in [3.05, 3.63) is 30.0 Å². The first-order chi connectivity index (χ1) is 8.16. The molecule has 2 fully saturated rings. The smallest absolute Gasteiger partial charge is 0.581 e. The molecule has 0 saturated carbocycles. The zero-order valence-electron chi connectivity index (χ0n) is 9.85. The molecule has 4 nitrogen and oxygen atoms in total. The van der Waals surface area contributed by atoms with E-state index in [0.717, 1.165) is 18.7 Å². The molecule has 0 radical (unpaired) electrons. The molecule has 2 heterocycles. The van der Waals surface area contributed by atoms with Crippen LogP contribution in [0.4, 0.5) is 0 Å². The Kier molecular flexibility index (Phi) is 3.27. The molecule has 90 valence electrons. The summed E-state index contributed by atoms with van der Waals surface area (Å²) in [5.74, 6) is 1.83. The molecule has 0 bridgehead atoms. The average Bonchev–Trinajstić information content (AvgIpc) is 2.69. The highest BCUT2D eigenvalue weighted by atomic mass is 16.7. The average molecular weight is 234 g/mol. The summed E-state index contributed by atoms with van der Waals surface area (Å²) >= 11 is 0. The molecule has 0 aromatic carbocycles. The highest BCUT2D eigenvalue weighted by Gasteiger charge is 2.62. The molecule has 2 saturated heterocycles. The van der Waals surface area contributed by atoms with Gasteiger partial charge in [0.25, 0.3) is 0 Å². The molecule has 0 aromatic rings. The van der Waals surface area contributed by atoms with Crippen LogP contribution in [0.3, 0.4) is 0 Å². The van der Waals surface area contributed by atoms with E-state index in [9.17, 15) is 9.59 Å². The molecule has 5 heteroatoms. The molecular formula is C12H15BO4. The Morgan fingerprint density at radius 3 is 2.47 bits per heavy atom. The molecule has 0 amide bonds. The summed E-state index contributed by atoms with van der Waals surface area (Å²) < 4.78 is 10.3. The Morgan fingerprint density at radius 1 is 1.24 bits per heavy atom. The monoisotopic (exact) mass is 234 g/mol. The van der Waals surface area contributed by atoms with Gasteiger partial charge in [0.1, 0.15) is 12.8 Å². The molecule has 2 rings (SSSR count). The van der Waals surface area contributed by atoms with Gasteiger partial charge in [0.05, 0.1) is 0 Å². The van der Waals surface area contributed by atoms with E-state index in [1.165, 1.54) is 0 Å². The van der Waals surface area contributed by atoms with Gasteiger partial charge in [-0.25, -0.2) is 0 Å². The summed E-state index contributed by atoms with van der Waals surface area (Å²) in [6, 6.07) is 0. The molecule has 2 aliphatic rings. The summed E-state index contributed by atoms with van der Waals surface area (Å²) in [5.41, 5.74) is 0. The lowest BCUT2D eigenvalue weighted by Gasteiger charge is -2.20. The lowest BCUT2D eigenvalue weighted by Crippen LogP contribution is -2.37. The summed E-state index contributed by atoms with van der Waals surface area (Å²) in [4.78, 5) is 22.5. The molecule has 0 unspecified atom stereocenters. The Morgan fingerprint density at radius 2 is 1.88 bits per heavy atom. The van der Waals surface area contributed by atoms with Gasteiger partial charge in [-0.15, -0.1) is 5.98 Å². The van der Waals surface area contributed by atoms with E-state index >= 15 is 0 Å². The number of fused-ring (bicyclic) bond motifs is 1. The van der Waals surface area contributed by atoms with Crippen LogP contribution in [0.15, 0.2) is 24.2 Å². The van der Waals surface area contributed by atoms with Crippen LogP contribution in [-0.4, -0.2) is 18.5 Å². The minimum atomic E-state index is -1.93. The Bertz CT molecular complexity index is 366. The van der Waals surface area contributed by atoms with Crippen LogP contribution in [0.25, 0.3) is 0 Å². The predicted octanol–water partition coefficient (Wildman–Crippen LogP) is 1.89. The van der Waals surface area contributed by atoms with Gasteiger partial charge in [-0.2, -0.15) is 0 Å². The lowest BCUT2D eigenvalue weighted by atomic mass is 9.49. The first kappa shape index (κ1) is 11.8. The summed E-state index contributed by atoms with van der Waals surface area (Å²) in [6.45, 7) is 0.168. The SMILES string of the molecule is CCC/C=C/C=C/[B-]12OC(=O)C[C+]1CC(=O)O2. The summed E-state index contributed by atoms with van der Waals surface area (Å²) in [5, 5.41) is 0. The number of carbonyl (C=O) groups excluding carboxylic acids is 2. The standard InChI is InChI=1S/C12H15BO4/c1-2-3-4-5-6-7-13-10(8-11(14)16-13)9-12(15)17-13/h4-7H,2-3,8-9H2,1H3/b5-4+,7-6+. The topological polar surface area (TPSA) is 52.6 Å². The number of unbranched alkanes of at least 4 members (excludes halogenated alkanes) is 1. The van der Waals surface area contributed by atoms with Crippen LogP contribution in [0.5, 0.6) is 0 Å². The lowest BCUT2D eigenvalue weighted by molar-refractivity contribution is -0.138. The molecular weight excluding hydrogens is 219 g/mol. The number of hydrogen-bond donors (Lipinski definition) is 0. The predicted molar refractivity (Wildman–Crippen MR) is 63.6 cm³/mol. The van der Waals surface area contributed by atoms with Gasteiger partial charge < -0.3 is 9.31 Å². The van der Waals surface area contributed by atoms with Gasteiger partial charge in [-0.1, -0.05) is 31.6 Å². The van der Waals surface area contributed by atoms with Crippen LogP contribution >= 0.6 is 0 Å². The maximum Gasteiger partial charge on any atom is 0.581 e. The minimum absolute atomic E-state index is 0.203. The van der Waals surface area contributed by atoms with Crippen molar-refractivity contribution >= 4 is 18.5 Å². The second kappa shape index (κ2) is 4.69. The molecule has 0 spiro atoms. The van der Waals surface area contributed by atoms with Crippen molar-refractivity contribution in [3.8, 4) is 0 Å². The van der Waals surface area contributed by atoms with Crippen molar-refractivity contribution in [3.63, 3.8) is 0 Å². The second-order valence-corrected chi connectivity index (χ2v) is 4.36. The number of rotatable bonds is 4. The van der Waals surface area contributed by atoms with Crippen molar-refractivity contribution < 1.29 is 18.9 Å². The molecule has 0 atom stereocenters. The van der Waals surface area contributed by atoms with Gasteiger partial charge in [-0.05, 0) is 6.42 Å². The van der Waals surface area contributed by atoms with E-state index in [-0.39, 0.29) is 24.8 Å². The summed E-state index contributed by atoms with van der Waals surface area (Å²) in [7, 11) is 0. The van der Waals surface area contributed by atoms with Crippen LogP contribution in [-0.2, 0) is 18.9 Å². The molecule has 2 aliphatic heterocycles. The third kappa shape index (κ3) is 2.38. The Balaban J connectivity index is 2.06. The van der Waals surface area contributed by atoms with E-state index in [4.69, 9.17) is 9.31 Å². The van der Waals surface area contributed by atoms with Crippen LogP contribution < -0.4 is 0 Å². The first-order valence-corrected chi connectivity index (χ1v) is 5.94. The van der Waals surface area contributed by atoms with E-state index in [1.807, 2.05) is 12.2 Å². The quantitative estimate of drug-likeness (QED) is 0.423. The van der Waals surface area contributed by atoms with Gasteiger partial charge in [-0.3, -0.25) is 9.59 Å². The fourth-order valence-corrected chi connectivity index (χ4v) is 2.15. The number of hydrogen-bond acceptors (Lipinski definition) is 4. The largest absolute Gasteiger partial charge is 0.610 e. The number of carbonyl (C=O) groups is 2. The second-order valence-electron chi connectivity index (χ2n) is 4.36. The van der Waals surface area contributed by atoms with Gasteiger partial charge in [0.15, 0.2) is 0 Å². The van der Waals surface area contributed by atoms with Crippen molar-refractivity contribution in [1.29, 1.82) is 0 Å². The highest BCUT2D eigenvalue weighted by Crippen LogP contribution is 2.40. The van der Waals surface area contributed by atoms with Crippen molar-refractivity contribution in [2.75, 3.05) is 0 Å². The van der Waals surface area contributed by atoms with Crippen LogP contribution in [0.2, 0.25) is 0 Å². The van der Waals surface area contributed by atoms with E-state index in [1.54, 1.807) is 12.1 Å². The van der Waals surface area contributed by atoms with Crippen molar-refractivity contribution in [2.24, 2.45) is 0 Å². The van der Waals surface area contributed by atoms with Gasteiger partial charge in [0.2, 0.25) is 0 Å². The normalized spacial score (nSPS) is 22.3. The minimum Gasteiger partial charge on any atom is -0.610 e. The third-order valence-electron chi connectivity index (χ3n) is 2.99. The molecule has 0 N–H and O–H groups in total. The van der Waals surface area contributed by atoms with E-state index < -0.39 is 6.55 Å². The maximum absolute atomic E-state index is 11.2. The molecule has 0 aliphatic carbocycles. The fraction of sp³-hybridized carbons (Fsp3) is 0.417. The van der Waals surface area contributed by atoms with Gasteiger partial charge >= 0.3 is 18.5 Å². The molecule has 0 aromatic heterocycles. The van der Waals surface area contributed by atoms with Crippen molar-refractivity contribution in [1.82, 2.24) is 0 Å². The number of allylic oxidation sites excluding steroid dienone is 3. The van der Waals surface area contributed by atoms with E-state index in [0.29, 0.717) is 0 Å². The third-order valence-corrected chi connectivity index (χ3v) is 2.99. The zero-order valence-corrected chi connectivity index (χ0v) is 9.85. The van der Waals surface area contributed by atoms with Crippen molar-refractivity contribution in [2.45, 2.75) is 32.6 Å².